The number of amides is 1. The van der Waals surface area contributed by atoms with E-state index in [-0.39, 0.29) is 17.6 Å². The van der Waals surface area contributed by atoms with Crippen LogP contribution in [0.3, 0.4) is 0 Å². The third-order valence-corrected chi connectivity index (χ3v) is 7.77. The van der Waals surface area contributed by atoms with Crippen LogP contribution in [0.4, 0.5) is 5.82 Å². The summed E-state index contributed by atoms with van der Waals surface area (Å²) in [4.78, 5) is 23.9. The number of nitriles is 1. The number of hydrogen-bond acceptors (Lipinski definition) is 7. The number of carbonyl (C=O) groups excluding carboxylic acids is 1. The number of halogens is 1. The Hall–Kier alpha value is -4.16. The van der Waals surface area contributed by atoms with Gasteiger partial charge in [-0.1, -0.05) is 11.6 Å². The first kappa shape index (κ1) is 24.2. The highest BCUT2D eigenvalue weighted by Crippen LogP contribution is 2.40. The maximum atomic E-state index is 12.6. The van der Waals surface area contributed by atoms with Crippen LogP contribution in [0.5, 0.6) is 5.75 Å². The van der Waals surface area contributed by atoms with Gasteiger partial charge in [0.15, 0.2) is 0 Å². The number of carbonyl (C=O) groups is 1. The summed E-state index contributed by atoms with van der Waals surface area (Å²) in [5.41, 5.74) is 3.27. The highest BCUT2D eigenvalue weighted by atomic mass is 35.5. The van der Waals surface area contributed by atoms with Crippen LogP contribution in [0.15, 0.2) is 55.1 Å². The van der Waals surface area contributed by atoms with Gasteiger partial charge in [-0.15, -0.1) is 0 Å². The summed E-state index contributed by atoms with van der Waals surface area (Å²) in [6.07, 6.45) is 8.64. The van der Waals surface area contributed by atoms with E-state index in [4.69, 9.17) is 21.3 Å². The van der Waals surface area contributed by atoms with Crippen molar-refractivity contribution in [3.05, 3.63) is 71.4 Å². The predicted octanol–water partition coefficient (Wildman–Crippen LogP) is 4.36. The van der Waals surface area contributed by atoms with Gasteiger partial charge in [-0.3, -0.25) is 4.79 Å². The monoisotopic (exact) mass is 527 g/mol. The number of pyridine rings is 3. The van der Waals surface area contributed by atoms with Crippen LogP contribution < -0.4 is 15.0 Å². The number of hydrogen-bond donors (Lipinski definition) is 1. The lowest BCUT2D eigenvalue weighted by atomic mass is 10.0. The molecule has 3 atom stereocenters. The Labute approximate surface area is 225 Å². The fraction of sp³-hybridized carbons (Fsp3) is 0.321. The summed E-state index contributed by atoms with van der Waals surface area (Å²) < 4.78 is 7.41. The van der Waals surface area contributed by atoms with E-state index in [1.165, 1.54) is 0 Å². The van der Waals surface area contributed by atoms with E-state index in [0.717, 1.165) is 48.4 Å². The largest absolute Gasteiger partial charge is 0.492 e. The van der Waals surface area contributed by atoms with Crippen LogP contribution in [0.1, 0.15) is 35.8 Å². The molecule has 4 aromatic rings. The number of fused-ring (bicyclic) bond motifs is 2. The molecular formula is C28H26ClN7O2. The van der Waals surface area contributed by atoms with Crippen LogP contribution in [-0.2, 0) is 0 Å². The molecule has 0 spiro atoms. The Morgan fingerprint density at radius 3 is 2.71 bits per heavy atom. The van der Waals surface area contributed by atoms with E-state index >= 15 is 0 Å². The van der Waals surface area contributed by atoms with Crippen molar-refractivity contribution in [1.29, 1.82) is 5.26 Å². The second kappa shape index (κ2) is 9.95. The summed E-state index contributed by atoms with van der Waals surface area (Å²) in [7, 11) is 0. The minimum Gasteiger partial charge on any atom is -0.492 e. The van der Waals surface area contributed by atoms with Gasteiger partial charge in [-0.25, -0.2) is 14.5 Å². The molecule has 10 heteroatoms. The van der Waals surface area contributed by atoms with Crippen molar-refractivity contribution >= 4 is 28.8 Å². The number of nitrogens with one attached hydrogen (secondary N) is 1. The van der Waals surface area contributed by atoms with Gasteiger partial charge in [0.2, 0.25) is 0 Å². The van der Waals surface area contributed by atoms with E-state index < -0.39 is 0 Å². The zero-order chi connectivity index (χ0) is 26.2. The molecule has 1 saturated heterocycles. The first-order valence-electron chi connectivity index (χ1n) is 12.7. The van der Waals surface area contributed by atoms with Gasteiger partial charge in [-0.2, -0.15) is 10.4 Å². The molecule has 9 nitrogen and oxygen atoms in total. The number of ether oxygens (including phenoxy) is 1. The summed E-state index contributed by atoms with van der Waals surface area (Å²) in [5.74, 6) is 2.39. The van der Waals surface area contributed by atoms with Gasteiger partial charge >= 0.3 is 0 Å². The molecule has 6 rings (SSSR count). The topological polar surface area (TPSA) is 108 Å². The highest BCUT2D eigenvalue weighted by Gasteiger charge is 2.42. The summed E-state index contributed by atoms with van der Waals surface area (Å²) in [6.45, 7) is 4.27. The zero-order valence-corrected chi connectivity index (χ0v) is 21.6. The van der Waals surface area contributed by atoms with Crippen LogP contribution >= 0.6 is 11.6 Å². The molecule has 1 N–H and O–H groups in total. The fourth-order valence-corrected chi connectivity index (χ4v) is 6.00. The molecule has 1 aliphatic heterocycles. The first-order chi connectivity index (χ1) is 18.5. The molecule has 5 heterocycles. The molecule has 38 heavy (non-hydrogen) atoms. The van der Waals surface area contributed by atoms with Crippen molar-refractivity contribution in [2.24, 2.45) is 11.8 Å². The SMILES string of the molecule is CCOc1cc(-c2ccc(N3C[C@H]4C[C@@H](NC(=O)c5ncccc5Cl)C[C@H]4C3)nc2)c2c(C#N)cnn2c1. The summed E-state index contributed by atoms with van der Waals surface area (Å²) in [5, 5.41) is 17.4. The molecule has 2 aliphatic rings. The van der Waals surface area contributed by atoms with Crippen LogP contribution in [0, 0.1) is 23.2 Å². The van der Waals surface area contributed by atoms with Gasteiger partial charge in [-0.05, 0) is 61.9 Å². The third kappa shape index (κ3) is 4.41. The minimum atomic E-state index is -0.213. The maximum Gasteiger partial charge on any atom is 0.271 e. The first-order valence-corrected chi connectivity index (χ1v) is 13.1. The van der Waals surface area contributed by atoms with Crippen molar-refractivity contribution in [3.8, 4) is 22.9 Å². The Morgan fingerprint density at radius 1 is 1.21 bits per heavy atom. The smallest absolute Gasteiger partial charge is 0.271 e. The fourth-order valence-electron chi connectivity index (χ4n) is 5.79. The molecule has 1 amide bonds. The maximum absolute atomic E-state index is 12.6. The standard InChI is InChI=1S/C28H26ClN7O2/c1-2-38-22-10-23(27-20(11-30)13-33-36(27)16-22)17-5-6-25(32-12-17)35-14-18-8-21(9-19(18)15-35)34-28(37)26-24(29)4-3-7-31-26/h3-7,10,12-13,16,18-19,21H,2,8-9,14-15H2,1H3,(H,34,37)/t18-,19+,21-. The van der Waals surface area contributed by atoms with Crippen LogP contribution in [0.2, 0.25) is 5.02 Å². The Bertz CT molecular complexity index is 1530. The predicted molar refractivity (Wildman–Crippen MR) is 143 cm³/mol. The second-order valence-electron chi connectivity index (χ2n) is 9.79. The van der Waals surface area contributed by atoms with E-state index in [2.05, 4.69) is 26.4 Å². The molecule has 1 aliphatic carbocycles. The van der Waals surface area contributed by atoms with E-state index in [1.807, 2.05) is 31.3 Å². The highest BCUT2D eigenvalue weighted by molar-refractivity contribution is 6.33. The van der Waals surface area contributed by atoms with E-state index in [1.54, 1.807) is 35.2 Å². The van der Waals surface area contributed by atoms with E-state index in [9.17, 15) is 10.1 Å². The second-order valence-corrected chi connectivity index (χ2v) is 10.2. The molecule has 1 saturated carbocycles. The minimum absolute atomic E-state index is 0.123. The molecule has 0 unspecified atom stereocenters. The average molecular weight is 528 g/mol. The molecule has 0 bridgehead atoms. The quantitative estimate of drug-likeness (QED) is 0.397. The van der Waals surface area contributed by atoms with Crippen LogP contribution in [0.25, 0.3) is 16.6 Å². The Kier molecular flexibility index (Phi) is 6.34. The van der Waals surface area contributed by atoms with Gasteiger partial charge in [0, 0.05) is 42.7 Å². The molecule has 0 radical (unpaired) electrons. The molecule has 0 aromatic carbocycles. The van der Waals surface area contributed by atoms with Crippen molar-refractivity contribution in [3.63, 3.8) is 0 Å². The van der Waals surface area contributed by atoms with Crippen molar-refractivity contribution in [2.75, 3.05) is 24.6 Å². The third-order valence-electron chi connectivity index (χ3n) is 7.46. The Balaban J connectivity index is 1.15. The molecular weight excluding hydrogens is 502 g/mol. The van der Waals surface area contributed by atoms with Crippen molar-refractivity contribution in [1.82, 2.24) is 24.9 Å². The number of rotatable bonds is 6. The molecule has 192 valence electrons. The lowest BCUT2D eigenvalue weighted by molar-refractivity contribution is 0.0931. The van der Waals surface area contributed by atoms with Gasteiger partial charge < -0.3 is 15.0 Å². The number of anilines is 1. The van der Waals surface area contributed by atoms with Gasteiger partial charge in [0.05, 0.1) is 35.1 Å². The van der Waals surface area contributed by atoms with Crippen molar-refractivity contribution < 1.29 is 9.53 Å². The summed E-state index contributed by atoms with van der Waals surface area (Å²) >= 11 is 6.14. The molecule has 4 aromatic heterocycles. The zero-order valence-electron chi connectivity index (χ0n) is 20.8. The molecule has 2 fully saturated rings. The number of aromatic nitrogens is 4. The number of nitrogens with zero attached hydrogens (tertiary/aromatic N) is 6. The Morgan fingerprint density at radius 2 is 2.03 bits per heavy atom. The summed E-state index contributed by atoms with van der Waals surface area (Å²) in [6, 6.07) is 11.8. The average Bonchev–Trinajstić information content (AvgIpc) is 3.62. The van der Waals surface area contributed by atoms with Crippen molar-refractivity contribution in [2.45, 2.75) is 25.8 Å². The van der Waals surface area contributed by atoms with E-state index in [0.29, 0.717) is 34.8 Å². The van der Waals surface area contributed by atoms with Gasteiger partial charge in [0.25, 0.3) is 5.91 Å². The lowest BCUT2D eigenvalue weighted by Crippen LogP contribution is -2.35. The van der Waals surface area contributed by atoms with Crippen LogP contribution in [-0.4, -0.2) is 51.2 Å². The normalized spacial score (nSPS) is 20.3. The lowest BCUT2D eigenvalue weighted by Gasteiger charge is -2.21. The van der Waals surface area contributed by atoms with Gasteiger partial charge in [0.1, 0.15) is 23.3 Å².